The first-order valence-electron chi connectivity index (χ1n) is 5.11. The summed E-state index contributed by atoms with van der Waals surface area (Å²) < 4.78 is 5.24. The van der Waals surface area contributed by atoms with Crippen molar-refractivity contribution < 1.29 is 4.74 Å². The van der Waals surface area contributed by atoms with Gasteiger partial charge in [-0.3, -0.25) is 0 Å². The number of ether oxygens (including phenoxy) is 1. The Morgan fingerprint density at radius 2 is 2.14 bits per heavy atom. The van der Waals surface area contributed by atoms with E-state index in [1.807, 2.05) is 6.07 Å². The molecular formula is C12H13ClO. The van der Waals surface area contributed by atoms with Gasteiger partial charge in [0.2, 0.25) is 0 Å². The van der Waals surface area contributed by atoms with Crippen molar-refractivity contribution in [1.82, 2.24) is 0 Å². The summed E-state index contributed by atoms with van der Waals surface area (Å²) in [6.07, 6.45) is 2.39. The molecular weight excluding hydrogens is 196 g/mol. The zero-order valence-electron chi connectivity index (χ0n) is 8.16. The van der Waals surface area contributed by atoms with Crippen LogP contribution in [0, 0.1) is 0 Å². The van der Waals surface area contributed by atoms with Crippen LogP contribution in [0.4, 0.5) is 0 Å². The number of alkyl halides is 1. The normalized spacial score (nSPS) is 33.1. The van der Waals surface area contributed by atoms with Gasteiger partial charge < -0.3 is 4.74 Å². The number of fused-ring (bicyclic) bond motifs is 5. The summed E-state index contributed by atoms with van der Waals surface area (Å²) in [4.78, 5) is 0. The van der Waals surface area contributed by atoms with Crippen LogP contribution in [0.5, 0.6) is 5.75 Å². The highest BCUT2D eigenvalue weighted by molar-refractivity contribution is 6.21. The molecule has 0 spiro atoms. The number of hydrogen-bond acceptors (Lipinski definition) is 1. The third-order valence-electron chi connectivity index (χ3n) is 3.62. The van der Waals surface area contributed by atoms with Crippen molar-refractivity contribution in [3.05, 3.63) is 29.3 Å². The number of benzene rings is 1. The highest BCUT2D eigenvalue weighted by atomic mass is 35.5. The van der Waals surface area contributed by atoms with Gasteiger partial charge in [0.15, 0.2) is 0 Å². The molecule has 2 bridgehead atoms. The lowest BCUT2D eigenvalue weighted by atomic mass is 9.91. The third kappa shape index (κ3) is 1.02. The van der Waals surface area contributed by atoms with Gasteiger partial charge in [0.05, 0.1) is 7.11 Å². The fourth-order valence-corrected chi connectivity index (χ4v) is 3.39. The summed E-state index contributed by atoms with van der Waals surface area (Å²) in [5.41, 5.74) is 2.94. The Balaban J connectivity index is 2.08. The van der Waals surface area contributed by atoms with Gasteiger partial charge in [0.25, 0.3) is 0 Å². The van der Waals surface area contributed by atoms with Gasteiger partial charge in [0, 0.05) is 11.3 Å². The second-order valence-corrected chi connectivity index (χ2v) is 4.85. The Hall–Kier alpha value is -0.690. The lowest BCUT2D eigenvalue weighted by Crippen LogP contribution is -2.09. The maximum absolute atomic E-state index is 6.28. The zero-order valence-corrected chi connectivity index (χ0v) is 8.92. The smallest absolute Gasteiger partial charge is 0.119 e. The molecule has 1 aromatic rings. The third-order valence-corrected chi connectivity index (χ3v) is 4.10. The average Bonchev–Trinajstić information content (AvgIpc) is 2.74. The maximum Gasteiger partial charge on any atom is 0.119 e. The molecule has 1 nitrogen and oxygen atoms in total. The zero-order chi connectivity index (χ0) is 9.71. The topological polar surface area (TPSA) is 9.23 Å². The Morgan fingerprint density at radius 1 is 1.29 bits per heavy atom. The highest BCUT2D eigenvalue weighted by Crippen LogP contribution is 2.55. The Bertz CT molecular complexity index is 375. The van der Waals surface area contributed by atoms with Crippen molar-refractivity contribution in [1.29, 1.82) is 0 Å². The first-order chi connectivity index (χ1) is 6.79. The van der Waals surface area contributed by atoms with Crippen LogP contribution in [0.2, 0.25) is 0 Å². The van der Waals surface area contributed by atoms with Crippen LogP contribution in [0.15, 0.2) is 18.2 Å². The molecule has 0 amide bonds. The predicted octanol–water partition coefficient (Wildman–Crippen LogP) is 3.28. The largest absolute Gasteiger partial charge is 0.497 e. The van der Waals surface area contributed by atoms with Crippen LogP contribution >= 0.6 is 11.6 Å². The molecule has 2 heteroatoms. The van der Waals surface area contributed by atoms with Crippen molar-refractivity contribution in [3.63, 3.8) is 0 Å². The van der Waals surface area contributed by atoms with Crippen LogP contribution in [0.1, 0.15) is 35.8 Å². The molecule has 0 saturated heterocycles. The van der Waals surface area contributed by atoms with Crippen LogP contribution in [0.3, 0.4) is 0 Å². The number of methoxy groups -OCH3 is 1. The first-order valence-corrected chi connectivity index (χ1v) is 5.55. The molecule has 3 rings (SSSR count). The minimum absolute atomic E-state index is 0.362. The van der Waals surface area contributed by atoms with E-state index in [1.54, 1.807) is 7.11 Å². The monoisotopic (exact) mass is 208 g/mol. The molecule has 0 aromatic heterocycles. The van der Waals surface area contributed by atoms with Crippen molar-refractivity contribution in [2.24, 2.45) is 0 Å². The van der Waals surface area contributed by atoms with Crippen molar-refractivity contribution in [2.45, 2.75) is 30.1 Å². The van der Waals surface area contributed by atoms with Crippen LogP contribution < -0.4 is 4.74 Å². The van der Waals surface area contributed by atoms with E-state index in [0.717, 1.165) is 12.2 Å². The van der Waals surface area contributed by atoms with Gasteiger partial charge >= 0.3 is 0 Å². The molecule has 3 unspecified atom stereocenters. The molecule has 2 aliphatic rings. The van der Waals surface area contributed by atoms with Gasteiger partial charge in [-0.2, -0.15) is 0 Å². The van der Waals surface area contributed by atoms with Crippen molar-refractivity contribution >= 4 is 11.6 Å². The van der Waals surface area contributed by atoms with Gasteiger partial charge in [0.1, 0.15) is 5.75 Å². The summed E-state index contributed by atoms with van der Waals surface area (Å²) in [6, 6.07) is 6.42. The summed E-state index contributed by atoms with van der Waals surface area (Å²) in [5.74, 6) is 2.26. The maximum atomic E-state index is 6.28. The van der Waals surface area contributed by atoms with E-state index in [4.69, 9.17) is 16.3 Å². The van der Waals surface area contributed by atoms with Crippen molar-refractivity contribution in [2.75, 3.05) is 7.11 Å². The molecule has 0 heterocycles. The minimum Gasteiger partial charge on any atom is -0.497 e. The fourth-order valence-electron chi connectivity index (χ4n) is 2.93. The van der Waals surface area contributed by atoms with Gasteiger partial charge in [-0.15, -0.1) is 11.6 Å². The van der Waals surface area contributed by atoms with E-state index in [0.29, 0.717) is 17.2 Å². The number of halogens is 1. The molecule has 1 saturated carbocycles. The fraction of sp³-hybridized carbons (Fsp3) is 0.500. The lowest BCUT2D eigenvalue weighted by Gasteiger charge is -2.19. The van der Waals surface area contributed by atoms with Crippen LogP contribution in [-0.4, -0.2) is 12.5 Å². The van der Waals surface area contributed by atoms with Gasteiger partial charge in [-0.1, -0.05) is 6.07 Å². The molecule has 0 aliphatic heterocycles. The molecule has 0 radical (unpaired) electrons. The molecule has 2 aliphatic carbocycles. The predicted molar refractivity (Wildman–Crippen MR) is 57.4 cm³/mol. The standard InChI is InChI=1S/C12H13ClO/c1-14-8-2-3-9-10(6-8)7-4-11(9)12(13)5-7/h2-3,6-7,11-12H,4-5H2,1H3. The minimum atomic E-state index is 0.362. The number of rotatable bonds is 1. The summed E-state index contributed by atoms with van der Waals surface area (Å²) in [6.45, 7) is 0. The SMILES string of the molecule is COc1ccc2c(c1)C1CC(Cl)C2C1. The van der Waals surface area contributed by atoms with E-state index in [-0.39, 0.29) is 0 Å². The second kappa shape index (κ2) is 2.90. The Labute approximate surface area is 89.0 Å². The Morgan fingerprint density at radius 3 is 2.93 bits per heavy atom. The van der Waals surface area contributed by atoms with Crippen LogP contribution in [-0.2, 0) is 0 Å². The molecule has 3 atom stereocenters. The van der Waals surface area contributed by atoms with E-state index in [2.05, 4.69) is 12.1 Å². The van der Waals surface area contributed by atoms with E-state index < -0.39 is 0 Å². The highest BCUT2D eigenvalue weighted by Gasteiger charge is 2.42. The molecule has 1 fully saturated rings. The van der Waals surface area contributed by atoms with E-state index >= 15 is 0 Å². The quantitative estimate of drug-likeness (QED) is 0.644. The van der Waals surface area contributed by atoms with E-state index in [9.17, 15) is 0 Å². The average molecular weight is 209 g/mol. The summed E-state index contributed by atoms with van der Waals surface area (Å²) >= 11 is 6.28. The Kier molecular flexibility index (Phi) is 1.78. The molecule has 1 aromatic carbocycles. The molecule has 14 heavy (non-hydrogen) atoms. The lowest BCUT2D eigenvalue weighted by molar-refractivity contribution is 0.413. The summed E-state index contributed by atoms with van der Waals surface area (Å²) in [7, 11) is 1.72. The first kappa shape index (κ1) is 8.60. The van der Waals surface area contributed by atoms with Crippen molar-refractivity contribution in [3.8, 4) is 5.75 Å². The van der Waals surface area contributed by atoms with Gasteiger partial charge in [-0.25, -0.2) is 0 Å². The van der Waals surface area contributed by atoms with Crippen LogP contribution in [0.25, 0.3) is 0 Å². The molecule has 74 valence electrons. The number of hydrogen-bond donors (Lipinski definition) is 0. The van der Waals surface area contributed by atoms with Gasteiger partial charge in [-0.05, 0) is 42.0 Å². The summed E-state index contributed by atoms with van der Waals surface area (Å²) in [5, 5.41) is 0.362. The second-order valence-electron chi connectivity index (χ2n) is 4.29. The van der Waals surface area contributed by atoms with E-state index in [1.165, 1.54) is 17.5 Å². The molecule has 0 N–H and O–H groups in total.